The van der Waals surface area contributed by atoms with Gasteiger partial charge in [-0.2, -0.15) is 8.42 Å². The van der Waals surface area contributed by atoms with Gasteiger partial charge in [0.2, 0.25) is 5.67 Å². The van der Waals surface area contributed by atoms with E-state index < -0.39 is 21.7 Å². The van der Waals surface area contributed by atoms with Crippen molar-refractivity contribution >= 4 is 21.7 Å². The molecule has 1 atom stereocenters. The molecule has 1 aromatic rings. The smallest absolute Gasteiger partial charge is 0.297 e. The number of amides is 1. The largest absolute Gasteiger partial charge is 0.309 e. The summed E-state index contributed by atoms with van der Waals surface area (Å²) in [6, 6.07) is 4.07. The highest BCUT2D eigenvalue weighted by atomic mass is 32.2. The molecule has 1 heterocycles. The second-order valence-electron chi connectivity index (χ2n) is 7.77. The van der Waals surface area contributed by atoms with Crippen LogP contribution in [0.4, 0.5) is 10.1 Å². The third kappa shape index (κ3) is 4.03. The van der Waals surface area contributed by atoms with Crippen molar-refractivity contribution in [1.29, 1.82) is 0 Å². The minimum absolute atomic E-state index is 0.0147. The average molecular weight is 371 g/mol. The van der Waals surface area contributed by atoms with Gasteiger partial charge in [0, 0.05) is 12.1 Å². The molecule has 1 unspecified atom stereocenters. The van der Waals surface area contributed by atoms with Crippen LogP contribution in [0.25, 0.3) is 0 Å². The van der Waals surface area contributed by atoms with Crippen LogP contribution >= 0.6 is 0 Å². The number of carbonyl (C=O) groups is 1. The summed E-state index contributed by atoms with van der Waals surface area (Å²) in [6.07, 6.45) is 1.62. The highest BCUT2D eigenvalue weighted by Gasteiger charge is 2.48. The van der Waals surface area contributed by atoms with E-state index in [0.717, 1.165) is 12.8 Å². The molecule has 0 bridgehead atoms. The average Bonchev–Trinajstić information content (AvgIpc) is 2.70. The lowest BCUT2D eigenvalue weighted by molar-refractivity contribution is -0.128. The molecule has 1 aromatic carbocycles. The maximum Gasteiger partial charge on any atom is 0.297 e. The normalized spacial score (nSPS) is 20.9. The van der Waals surface area contributed by atoms with Gasteiger partial charge in [-0.15, -0.1) is 0 Å². The van der Waals surface area contributed by atoms with Crippen LogP contribution in [0, 0.1) is 5.41 Å². The van der Waals surface area contributed by atoms with Crippen molar-refractivity contribution in [3.05, 3.63) is 23.8 Å². The first-order valence-corrected chi connectivity index (χ1v) is 9.86. The Morgan fingerprint density at radius 3 is 2.48 bits per heavy atom. The molecule has 5 nitrogen and oxygen atoms in total. The van der Waals surface area contributed by atoms with Gasteiger partial charge in [0.15, 0.2) is 0 Å². The molecule has 0 saturated heterocycles. The fraction of sp³-hybridized carbons (Fsp3) is 0.611. The maximum atomic E-state index is 15.0. The fourth-order valence-electron chi connectivity index (χ4n) is 2.62. The van der Waals surface area contributed by atoms with E-state index in [-0.39, 0.29) is 22.5 Å². The first kappa shape index (κ1) is 19.8. The van der Waals surface area contributed by atoms with E-state index >= 15 is 0 Å². The highest BCUT2D eigenvalue weighted by molar-refractivity contribution is 7.86. The van der Waals surface area contributed by atoms with Crippen molar-refractivity contribution in [3.8, 4) is 0 Å². The Morgan fingerprint density at radius 1 is 1.28 bits per heavy atom. The summed E-state index contributed by atoms with van der Waals surface area (Å²) >= 11 is 0. The number of anilines is 1. The predicted molar refractivity (Wildman–Crippen MR) is 94.8 cm³/mol. The number of carbonyl (C=O) groups excluding carboxylic acids is 1. The summed E-state index contributed by atoms with van der Waals surface area (Å²) in [5.41, 5.74) is -2.06. The van der Waals surface area contributed by atoms with Crippen LogP contribution in [0.2, 0.25) is 0 Å². The van der Waals surface area contributed by atoms with Crippen LogP contribution in [-0.2, 0) is 24.8 Å². The van der Waals surface area contributed by atoms with Crippen LogP contribution in [0.3, 0.4) is 0 Å². The van der Waals surface area contributed by atoms with Gasteiger partial charge >= 0.3 is 0 Å². The van der Waals surface area contributed by atoms with Gasteiger partial charge in [-0.3, -0.25) is 8.98 Å². The standard InChI is InChI=1S/C18H26FNO4S/c1-6-7-10-20-15-9-8-13(11-14(15)18(5,19)16(20)21)25(22,23)24-12-17(2,3)4/h8-9,11H,6-7,10,12H2,1-5H3. The van der Waals surface area contributed by atoms with Crippen LogP contribution in [0.5, 0.6) is 0 Å². The molecule has 1 aliphatic heterocycles. The predicted octanol–water partition coefficient (Wildman–Crippen LogP) is 3.77. The summed E-state index contributed by atoms with van der Waals surface area (Å²) in [5.74, 6) is -0.652. The molecule has 0 N–H and O–H groups in total. The van der Waals surface area contributed by atoms with Gasteiger partial charge < -0.3 is 4.90 Å². The van der Waals surface area contributed by atoms with Crippen molar-refractivity contribution in [1.82, 2.24) is 0 Å². The molecule has 0 aromatic heterocycles. The Labute approximate surface area is 149 Å². The van der Waals surface area contributed by atoms with E-state index in [0.29, 0.717) is 12.2 Å². The van der Waals surface area contributed by atoms with Gasteiger partial charge in [-0.05, 0) is 37.0 Å². The quantitative estimate of drug-likeness (QED) is 0.714. The number of hydrogen-bond acceptors (Lipinski definition) is 4. The molecule has 0 saturated carbocycles. The van der Waals surface area contributed by atoms with E-state index in [1.807, 2.05) is 27.7 Å². The Morgan fingerprint density at radius 2 is 1.92 bits per heavy atom. The van der Waals surface area contributed by atoms with Crippen molar-refractivity contribution in [2.24, 2.45) is 5.41 Å². The van der Waals surface area contributed by atoms with Crippen LogP contribution in [0.15, 0.2) is 23.1 Å². The van der Waals surface area contributed by atoms with Crippen molar-refractivity contribution in [3.63, 3.8) is 0 Å². The number of nitrogens with zero attached hydrogens (tertiary/aromatic N) is 1. The van der Waals surface area contributed by atoms with E-state index in [4.69, 9.17) is 4.18 Å². The highest BCUT2D eigenvalue weighted by Crippen LogP contribution is 2.44. The Bertz CT molecular complexity index is 766. The number of fused-ring (bicyclic) bond motifs is 1. The Hall–Kier alpha value is -1.47. The number of alkyl halides is 1. The van der Waals surface area contributed by atoms with Gasteiger partial charge in [0.1, 0.15) is 0 Å². The first-order valence-electron chi connectivity index (χ1n) is 8.45. The summed E-state index contributed by atoms with van der Waals surface area (Å²) in [5, 5.41) is 0. The molecule has 1 aliphatic rings. The van der Waals surface area contributed by atoms with Crippen molar-refractivity contribution in [2.75, 3.05) is 18.1 Å². The second-order valence-corrected chi connectivity index (χ2v) is 9.38. The second kappa shape index (κ2) is 6.68. The third-order valence-electron chi connectivity index (χ3n) is 4.08. The summed E-state index contributed by atoms with van der Waals surface area (Å²) in [4.78, 5) is 13.6. The van der Waals surface area contributed by atoms with Crippen LogP contribution in [-0.4, -0.2) is 27.5 Å². The summed E-state index contributed by atoms with van der Waals surface area (Å²) in [7, 11) is -4.01. The van der Waals surface area contributed by atoms with E-state index in [1.54, 1.807) is 0 Å². The Kier molecular flexibility index (Phi) is 5.31. The summed E-state index contributed by atoms with van der Waals surface area (Å²) in [6.45, 7) is 9.15. The number of halogens is 1. The van der Waals surface area contributed by atoms with Crippen molar-refractivity contribution < 1.29 is 21.8 Å². The lowest BCUT2D eigenvalue weighted by Gasteiger charge is -2.18. The molecular weight excluding hydrogens is 345 g/mol. The van der Waals surface area contributed by atoms with Gasteiger partial charge in [-0.1, -0.05) is 34.1 Å². The van der Waals surface area contributed by atoms with Crippen LogP contribution in [0.1, 0.15) is 53.0 Å². The molecule has 2 rings (SSSR count). The third-order valence-corrected chi connectivity index (χ3v) is 5.34. The number of unbranched alkanes of at least 4 members (excludes halogenated alkanes) is 1. The lowest BCUT2D eigenvalue weighted by atomic mass is 9.99. The Balaban J connectivity index is 2.39. The molecule has 0 aliphatic carbocycles. The molecule has 0 radical (unpaired) electrons. The van der Waals surface area contributed by atoms with Crippen molar-refractivity contribution in [2.45, 2.75) is 58.0 Å². The monoisotopic (exact) mass is 371 g/mol. The zero-order chi connectivity index (χ0) is 19.0. The number of hydrogen-bond donors (Lipinski definition) is 0. The number of rotatable bonds is 6. The zero-order valence-electron chi connectivity index (χ0n) is 15.4. The summed E-state index contributed by atoms with van der Waals surface area (Å²) < 4.78 is 44.8. The van der Waals surface area contributed by atoms with E-state index in [2.05, 4.69) is 0 Å². The van der Waals surface area contributed by atoms with E-state index in [1.165, 1.54) is 30.0 Å². The minimum Gasteiger partial charge on any atom is -0.309 e. The van der Waals surface area contributed by atoms with Gasteiger partial charge in [-0.25, -0.2) is 4.39 Å². The first-order chi connectivity index (χ1) is 11.4. The van der Waals surface area contributed by atoms with E-state index in [9.17, 15) is 17.6 Å². The molecule has 0 fully saturated rings. The molecule has 0 spiro atoms. The lowest BCUT2D eigenvalue weighted by Crippen LogP contribution is -2.35. The SMILES string of the molecule is CCCCN1C(=O)C(C)(F)c2cc(S(=O)(=O)OCC(C)(C)C)ccc21. The fourth-order valence-corrected chi connectivity index (χ4v) is 3.76. The minimum atomic E-state index is -4.01. The van der Waals surface area contributed by atoms with Gasteiger partial charge in [0.05, 0.1) is 17.2 Å². The molecule has 1 amide bonds. The molecule has 140 valence electrons. The maximum absolute atomic E-state index is 15.0. The van der Waals surface area contributed by atoms with Gasteiger partial charge in [0.25, 0.3) is 16.0 Å². The topological polar surface area (TPSA) is 63.7 Å². The molecule has 7 heteroatoms. The van der Waals surface area contributed by atoms with Crippen LogP contribution < -0.4 is 4.90 Å². The number of benzene rings is 1. The molecular formula is C18H26FNO4S. The molecule has 25 heavy (non-hydrogen) atoms. The zero-order valence-corrected chi connectivity index (χ0v) is 16.2.